The molecule has 19 heavy (non-hydrogen) atoms. The van der Waals surface area contributed by atoms with E-state index in [1.807, 2.05) is 0 Å². The van der Waals surface area contributed by atoms with Gasteiger partial charge in [0.15, 0.2) is 0 Å². The first kappa shape index (κ1) is 14.4. The molecule has 106 valence electrons. The van der Waals surface area contributed by atoms with E-state index in [2.05, 4.69) is 68.2 Å². The van der Waals surface area contributed by atoms with Crippen LogP contribution in [0.3, 0.4) is 0 Å². The third kappa shape index (κ3) is 3.48. The van der Waals surface area contributed by atoms with E-state index in [1.165, 1.54) is 16.8 Å². The molecule has 3 heteroatoms. The number of piperazine rings is 1. The lowest BCUT2D eigenvalue weighted by Crippen LogP contribution is -2.58. The first-order valence-electron chi connectivity index (χ1n) is 7.19. The lowest BCUT2D eigenvalue weighted by Gasteiger charge is -2.42. The summed E-state index contributed by atoms with van der Waals surface area (Å²) in [5, 5.41) is 3.65. The number of hydrogen-bond acceptors (Lipinski definition) is 3. The number of aryl methyl sites for hydroxylation is 2. The second-order valence-electron chi connectivity index (χ2n) is 6.16. The van der Waals surface area contributed by atoms with E-state index in [1.54, 1.807) is 0 Å². The quantitative estimate of drug-likeness (QED) is 0.898. The third-order valence-corrected chi connectivity index (χ3v) is 3.91. The molecule has 0 bridgehead atoms. The van der Waals surface area contributed by atoms with Crippen LogP contribution in [0.25, 0.3) is 0 Å². The summed E-state index contributed by atoms with van der Waals surface area (Å²) < 4.78 is 0. The lowest BCUT2D eigenvalue weighted by atomic mass is 10.0. The molecule has 1 fully saturated rings. The molecule has 1 saturated heterocycles. The summed E-state index contributed by atoms with van der Waals surface area (Å²) in [6.07, 6.45) is 0. The molecule has 1 aromatic carbocycles. The minimum absolute atomic E-state index is 0.547. The number of anilines is 1. The van der Waals surface area contributed by atoms with E-state index < -0.39 is 0 Å². The normalized spacial score (nSPS) is 24.0. The minimum Gasteiger partial charge on any atom is -0.366 e. The molecule has 0 aromatic heterocycles. The molecule has 0 spiro atoms. The van der Waals surface area contributed by atoms with Gasteiger partial charge in [-0.3, -0.25) is 0 Å². The Labute approximate surface area is 117 Å². The molecule has 0 radical (unpaired) electrons. The van der Waals surface area contributed by atoms with Crippen molar-refractivity contribution in [1.82, 2.24) is 10.2 Å². The Bertz CT molecular complexity index is 428. The molecule has 3 nitrogen and oxygen atoms in total. The molecule has 0 saturated carbocycles. The highest BCUT2D eigenvalue weighted by Gasteiger charge is 2.26. The van der Waals surface area contributed by atoms with Gasteiger partial charge in [0.05, 0.1) is 0 Å². The Hall–Kier alpha value is -1.06. The fourth-order valence-electron chi connectivity index (χ4n) is 2.86. The van der Waals surface area contributed by atoms with Crippen molar-refractivity contribution < 1.29 is 0 Å². The second kappa shape index (κ2) is 5.93. The monoisotopic (exact) mass is 261 g/mol. The number of hydrogen-bond donors (Lipinski definition) is 1. The van der Waals surface area contributed by atoms with Gasteiger partial charge in [-0.25, -0.2) is 0 Å². The van der Waals surface area contributed by atoms with Gasteiger partial charge in [-0.1, -0.05) is 12.1 Å². The average molecular weight is 261 g/mol. The molecule has 1 heterocycles. The number of nitrogens with one attached hydrogen (secondary N) is 1. The highest BCUT2D eigenvalue weighted by atomic mass is 15.3. The molecule has 1 aromatic rings. The van der Waals surface area contributed by atoms with Gasteiger partial charge in [-0.05, 0) is 52.1 Å². The van der Waals surface area contributed by atoms with Crippen LogP contribution in [0, 0.1) is 13.8 Å². The fourth-order valence-corrected chi connectivity index (χ4v) is 2.86. The zero-order chi connectivity index (χ0) is 14.0. The van der Waals surface area contributed by atoms with Crippen LogP contribution in [0.1, 0.15) is 18.1 Å². The third-order valence-electron chi connectivity index (χ3n) is 3.91. The van der Waals surface area contributed by atoms with Crippen molar-refractivity contribution in [2.75, 3.05) is 38.6 Å². The SMILES string of the molecule is Cc1ccc(C)c(N2CC(CN(C)C)NCC2C)c1. The maximum Gasteiger partial charge on any atom is 0.0401 e. The predicted octanol–water partition coefficient (Wildman–Crippen LogP) is 2.03. The van der Waals surface area contributed by atoms with Crippen LogP contribution in [0.2, 0.25) is 0 Å². The zero-order valence-corrected chi connectivity index (χ0v) is 12.9. The first-order chi connectivity index (χ1) is 8.97. The number of nitrogens with zero attached hydrogens (tertiary/aromatic N) is 2. The van der Waals surface area contributed by atoms with Gasteiger partial charge >= 0.3 is 0 Å². The molecule has 1 aliphatic rings. The topological polar surface area (TPSA) is 18.5 Å². The van der Waals surface area contributed by atoms with E-state index in [-0.39, 0.29) is 0 Å². The van der Waals surface area contributed by atoms with Crippen molar-refractivity contribution in [1.29, 1.82) is 0 Å². The Kier molecular flexibility index (Phi) is 4.48. The van der Waals surface area contributed by atoms with Gasteiger partial charge in [-0.2, -0.15) is 0 Å². The van der Waals surface area contributed by atoms with Gasteiger partial charge < -0.3 is 15.1 Å². The first-order valence-corrected chi connectivity index (χ1v) is 7.19. The summed E-state index contributed by atoms with van der Waals surface area (Å²) in [5.41, 5.74) is 4.12. The van der Waals surface area contributed by atoms with Crippen LogP contribution < -0.4 is 10.2 Å². The van der Waals surface area contributed by atoms with Crippen molar-refractivity contribution in [3.63, 3.8) is 0 Å². The molecular formula is C16H27N3. The van der Waals surface area contributed by atoms with Crippen LogP contribution in [0.4, 0.5) is 5.69 Å². The highest BCUT2D eigenvalue weighted by Crippen LogP contribution is 2.25. The predicted molar refractivity (Wildman–Crippen MR) is 83.1 cm³/mol. The van der Waals surface area contributed by atoms with Crippen molar-refractivity contribution in [3.8, 4) is 0 Å². The molecule has 0 amide bonds. The van der Waals surface area contributed by atoms with E-state index in [4.69, 9.17) is 0 Å². The van der Waals surface area contributed by atoms with E-state index >= 15 is 0 Å². The van der Waals surface area contributed by atoms with Crippen molar-refractivity contribution in [2.45, 2.75) is 32.9 Å². The number of benzene rings is 1. The molecule has 1 aliphatic heterocycles. The van der Waals surface area contributed by atoms with Crippen molar-refractivity contribution in [2.24, 2.45) is 0 Å². The van der Waals surface area contributed by atoms with Gasteiger partial charge in [0, 0.05) is 37.4 Å². The van der Waals surface area contributed by atoms with Gasteiger partial charge in [0.1, 0.15) is 0 Å². The molecule has 0 aliphatic carbocycles. The van der Waals surface area contributed by atoms with Crippen molar-refractivity contribution >= 4 is 5.69 Å². The van der Waals surface area contributed by atoms with E-state index in [9.17, 15) is 0 Å². The average Bonchev–Trinajstić information content (AvgIpc) is 2.34. The number of rotatable bonds is 3. The summed E-state index contributed by atoms with van der Waals surface area (Å²) in [6.45, 7) is 9.93. The summed E-state index contributed by atoms with van der Waals surface area (Å²) in [4.78, 5) is 4.82. The fraction of sp³-hybridized carbons (Fsp3) is 0.625. The molecule has 2 rings (SSSR count). The van der Waals surface area contributed by atoms with Crippen LogP contribution in [0.15, 0.2) is 18.2 Å². The molecule has 1 N–H and O–H groups in total. The van der Waals surface area contributed by atoms with Gasteiger partial charge in [0.2, 0.25) is 0 Å². The largest absolute Gasteiger partial charge is 0.366 e. The number of likely N-dealkylation sites (N-methyl/N-ethyl adjacent to an activating group) is 1. The van der Waals surface area contributed by atoms with E-state index in [0.29, 0.717) is 12.1 Å². The Morgan fingerprint density at radius 1 is 1.32 bits per heavy atom. The summed E-state index contributed by atoms with van der Waals surface area (Å²) in [5.74, 6) is 0. The van der Waals surface area contributed by atoms with Crippen molar-refractivity contribution in [3.05, 3.63) is 29.3 Å². The van der Waals surface area contributed by atoms with Crippen LogP contribution in [-0.4, -0.2) is 50.7 Å². The highest BCUT2D eigenvalue weighted by molar-refractivity contribution is 5.56. The van der Waals surface area contributed by atoms with E-state index in [0.717, 1.165) is 19.6 Å². The Balaban J connectivity index is 2.18. The van der Waals surface area contributed by atoms with Crippen LogP contribution in [0.5, 0.6) is 0 Å². The Morgan fingerprint density at radius 3 is 2.74 bits per heavy atom. The summed E-state index contributed by atoms with van der Waals surface area (Å²) in [6, 6.07) is 7.86. The maximum absolute atomic E-state index is 3.65. The summed E-state index contributed by atoms with van der Waals surface area (Å²) in [7, 11) is 4.28. The molecule has 2 unspecified atom stereocenters. The second-order valence-corrected chi connectivity index (χ2v) is 6.16. The maximum atomic E-state index is 3.65. The van der Waals surface area contributed by atoms with Crippen LogP contribution in [-0.2, 0) is 0 Å². The minimum atomic E-state index is 0.547. The van der Waals surface area contributed by atoms with Gasteiger partial charge in [-0.15, -0.1) is 0 Å². The lowest BCUT2D eigenvalue weighted by molar-refractivity contribution is 0.306. The molecular weight excluding hydrogens is 234 g/mol. The summed E-state index contributed by atoms with van der Waals surface area (Å²) >= 11 is 0. The molecule has 2 atom stereocenters. The zero-order valence-electron chi connectivity index (χ0n) is 12.9. The van der Waals surface area contributed by atoms with Crippen LogP contribution >= 0.6 is 0 Å². The Morgan fingerprint density at radius 2 is 2.05 bits per heavy atom. The smallest absolute Gasteiger partial charge is 0.0401 e. The standard InChI is InChI=1S/C16H27N3/c1-12-6-7-13(2)16(8-12)19-11-15(10-18(4)5)17-9-14(19)3/h6-8,14-15,17H,9-11H2,1-5H3. The van der Waals surface area contributed by atoms with Gasteiger partial charge in [0.25, 0.3) is 0 Å².